The van der Waals surface area contributed by atoms with Gasteiger partial charge < -0.3 is 10.4 Å². The Hall–Kier alpha value is -2.20. The van der Waals surface area contributed by atoms with Gasteiger partial charge in [-0.15, -0.1) is 0 Å². The summed E-state index contributed by atoms with van der Waals surface area (Å²) in [5.41, 5.74) is 2.27. The highest BCUT2D eigenvalue weighted by Gasteiger charge is 2.19. The van der Waals surface area contributed by atoms with E-state index in [-0.39, 0.29) is 16.8 Å². The fourth-order valence-electron chi connectivity index (χ4n) is 2.29. The van der Waals surface area contributed by atoms with Crippen LogP contribution < -0.4 is 5.32 Å². The molecular weight excluding hydrogens is 281 g/mol. The van der Waals surface area contributed by atoms with Crippen LogP contribution in [0.2, 0.25) is 0 Å². The normalized spacial score (nSPS) is 11.4. The maximum Gasteiger partial charge on any atom is 0.335 e. The summed E-state index contributed by atoms with van der Waals surface area (Å²) in [5, 5.41) is 12.2. The maximum absolute atomic E-state index is 13.0. The zero-order valence-electron chi connectivity index (χ0n) is 12.8. The minimum absolute atomic E-state index is 0.116. The summed E-state index contributed by atoms with van der Waals surface area (Å²) in [4.78, 5) is 10.8. The lowest BCUT2D eigenvalue weighted by Crippen LogP contribution is -2.32. The van der Waals surface area contributed by atoms with E-state index in [1.54, 1.807) is 36.4 Å². The number of rotatable bonds is 6. The molecule has 0 aliphatic heterocycles. The summed E-state index contributed by atoms with van der Waals surface area (Å²) < 4.78 is 13.0. The van der Waals surface area contributed by atoms with E-state index < -0.39 is 5.97 Å². The van der Waals surface area contributed by atoms with E-state index in [9.17, 15) is 9.18 Å². The van der Waals surface area contributed by atoms with Gasteiger partial charge >= 0.3 is 5.97 Å². The van der Waals surface area contributed by atoms with Gasteiger partial charge in [0.05, 0.1) is 5.56 Å². The van der Waals surface area contributed by atoms with Crippen LogP contribution in [0.5, 0.6) is 0 Å². The van der Waals surface area contributed by atoms with Gasteiger partial charge in [-0.3, -0.25) is 0 Å². The van der Waals surface area contributed by atoms with Crippen molar-refractivity contribution in [3.63, 3.8) is 0 Å². The quantitative estimate of drug-likeness (QED) is 0.857. The zero-order valence-corrected chi connectivity index (χ0v) is 12.8. The number of carboxylic acids is 1. The lowest BCUT2D eigenvalue weighted by Gasteiger charge is -2.26. The van der Waals surface area contributed by atoms with Crippen molar-refractivity contribution in [1.82, 2.24) is 5.32 Å². The monoisotopic (exact) mass is 301 g/mol. The van der Waals surface area contributed by atoms with Crippen LogP contribution in [0.3, 0.4) is 0 Å². The number of halogens is 1. The van der Waals surface area contributed by atoms with Gasteiger partial charge in [-0.2, -0.15) is 0 Å². The second-order valence-corrected chi connectivity index (χ2v) is 6.00. The lowest BCUT2D eigenvalue weighted by atomic mass is 9.84. The van der Waals surface area contributed by atoms with E-state index in [1.807, 2.05) is 0 Å². The Morgan fingerprint density at radius 3 is 2.23 bits per heavy atom. The molecular formula is C18H20FNO2. The smallest absolute Gasteiger partial charge is 0.335 e. The third kappa shape index (κ3) is 4.15. The van der Waals surface area contributed by atoms with E-state index in [2.05, 4.69) is 19.2 Å². The second-order valence-electron chi connectivity index (χ2n) is 6.00. The number of hydrogen-bond donors (Lipinski definition) is 2. The summed E-state index contributed by atoms with van der Waals surface area (Å²) in [6.45, 7) is 5.59. The molecule has 22 heavy (non-hydrogen) atoms. The van der Waals surface area contributed by atoms with E-state index in [0.717, 1.165) is 17.7 Å². The van der Waals surface area contributed by atoms with Crippen LogP contribution in [-0.2, 0) is 12.0 Å². The van der Waals surface area contributed by atoms with Gasteiger partial charge in [0.15, 0.2) is 0 Å². The summed E-state index contributed by atoms with van der Waals surface area (Å²) in [7, 11) is 0. The first-order valence-corrected chi connectivity index (χ1v) is 7.17. The summed E-state index contributed by atoms with van der Waals surface area (Å²) in [6.07, 6.45) is 0. The molecule has 0 bridgehead atoms. The molecule has 2 N–H and O–H groups in total. The Kier molecular flexibility index (Phi) is 4.93. The summed E-state index contributed by atoms with van der Waals surface area (Å²) >= 11 is 0. The predicted octanol–water partition coefficient (Wildman–Crippen LogP) is 3.59. The lowest BCUT2D eigenvalue weighted by molar-refractivity contribution is 0.0697. The number of carbonyl (C=O) groups is 1. The number of hydrogen-bond acceptors (Lipinski definition) is 2. The topological polar surface area (TPSA) is 49.3 Å². The van der Waals surface area contributed by atoms with Crippen LogP contribution in [0.1, 0.15) is 35.3 Å². The first-order valence-electron chi connectivity index (χ1n) is 7.17. The van der Waals surface area contributed by atoms with Crippen molar-refractivity contribution in [2.75, 3.05) is 6.54 Å². The third-order valence-corrected chi connectivity index (χ3v) is 3.72. The van der Waals surface area contributed by atoms with Crippen molar-refractivity contribution in [3.05, 3.63) is 71.0 Å². The molecule has 0 unspecified atom stereocenters. The molecule has 0 aromatic heterocycles. The highest BCUT2D eigenvalue weighted by molar-refractivity contribution is 5.87. The van der Waals surface area contributed by atoms with Crippen LogP contribution >= 0.6 is 0 Å². The van der Waals surface area contributed by atoms with Crippen LogP contribution in [0.25, 0.3) is 0 Å². The van der Waals surface area contributed by atoms with Crippen molar-refractivity contribution in [1.29, 1.82) is 0 Å². The summed E-state index contributed by atoms with van der Waals surface area (Å²) in [5.74, 6) is -1.15. The molecule has 2 aromatic rings. The summed E-state index contributed by atoms with van der Waals surface area (Å²) in [6, 6.07) is 13.4. The molecule has 0 radical (unpaired) electrons. The standard InChI is InChI=1S/C18H20FNO2/c1-18(2,15-7-9-16(19)10-8-15)12-20-11-13-3-5-14(6-4-13)17(21)22/h3-10,20H,11-12H2,1-2H3,(H,21,22). The van der Waals surface area contributed by atoms with Gasteiger partial charge in [-0.25, -0.2) is 9.18 Å². The molecule has 0 amide bonds. The molecule has 0 fully saturated rings. The molecule has 3 nitrogen and oxygen atoms in total. The van der Waals surface area contributed by atoms with Gasteiger partial charge in [0, 0.05) is 18.5 Å². The minimum Gasteiger partial charge on any atom is -0.478 e. The van der Waals surface area contributed by atoms with Crippen LogP contribution in [-0.4, -0.2) is 17.6 Å². The van der Waals surface area contributed by atoms with Crippen LogP contribution in [0, 0.1) is 5.82 Å². The minimum atomic E-state index is -0.919. The number of aromatic carboxylic acids is 1. The van der Waals surface area contributed by atoms with Gasteiger partial charge in [-0.05, 0) is 35.4 Å². The number of benzene rings is 2. The predicted molar refractivity (Wildman–Crippen MR) is 84.5 cm³/mol. The molecule has 0 heterocycles. The number of carboxylic acid groups (broad SMARTS) is 1. The highest BCUT2D eigenvalue weighted by Crippen LogP contribution is 2.22. The average Bonchev–Trinajstić information content (AvgIpc) is 2.48. The van der Waals surface area contributed by atoms with Crippen LogP contribution in [0.4, 0.5) is 4.39 Å². The number of nitrogens with one attached hydrogen (secondary N) is 1. The largest absolute Gasteiger partial charge is 0.478 e. The molecule has 4 heteroatoms. The van der Waals surface area contributed by atoms with E-state index >= 15 is 0 Å². The Morgan fingerprint density at radius 2 is 1.68 bits per heavy atom. The maximum atomic E-state index is 13.0. The van der Waals surface area contributed by atoms with Crippen LogP contribution in [0.15, 0.2) is 48.5 Å². The Balaban J connectivity index is 1.92. The molecule has 0 aliphatic carbocycles. The van der Waals surface area contributed by atoms with Crippen molar-refractivity contribution in [3.8, 4) is 0 Å². The fourth-order valence-corrected chi connectivity index (χ4v) is 2.29. The third-order valence-electron chi connectivity index (χ3n) is 3.72. The van der Waals surface area contributed by atoms with Crippen molar-refractivity contribution < 1.29 is 14.3 Å². The molecule has 0 saturated heterocycles. The zero-order chi connectivity index (χ0) is 16.2. The highest BCUT2D eigenvalue weighted by atomic mass is 19.1. The SMILES string of the molecule is CC(C)(CNCc1ccc(C(=O)O)cc1)c1ccc(F)cc1. The average molecular weight is 301 g/mol. The molecule has 0 spiro atoms. The second kappa shape index (κ2) is 6.71. The van der Waals surface area contributed by atoms with Gasteiger partial charge in [-0.1, -0.05) is 38.1 Å². The molecule has 0 atom stereocenters. The van der Waals surface area contributed by atoms with Gasteiger partial charge in [0.1, 0.15) is 5.82 Å². The van der Waals surface area contributed by atoms with E-state index in [0.29, 0.717) is 6.54 Å². The van der Waals surface area contributed by atoms with Crippen molar-refractivity contribution in [2.45, 2.75) is 25.8 Å². The molecule has 0 aliphatic rings. The molecule has 0 saturated carbocycles. The molecule has 116 valence electrons. The van der Waals surface area contributed by atoms with Gasteiger partial charge in [0.25, 0.3) is 0 Å². The van der Waals surface area contributed by atoms with Crippen molar-refractivity contribution >= 4 is 5.97 Å². The Labute approximate surface area is 129 Å². The Morgan fingerprint density at radius 1 is 1.09 bits per heavy atom. The Bertz CT molecular complexity index is 633. The first kappa shape index (κ1) is 16.2. The molecule has 2 aromatic carbocycles. The first-order chi connectivity index (χ1) is 10.4. The van der Waals surface area contributed by atoms with Crippen molar-refractivity contribution in [2.24, 2.45) is 0 Å². The van der Waals surface area contributed by atoms with Gasteiger partial charge in [0.2, 0.25) is 0 Å². The molecule has 2 rings (SSSR count). The van der Waals surface area contributed by atoms with E-state index in [1.165, 1.54) is 12.1 Å². The van der Waals surface area contributed by atoms with E-state index in [4.69, 9.17) is 5.11 Å². The fraction of sp³-hybridized carbons (Fsp3) is 0.278.